The highest BCUT2D eigenvalue weighted by Crippen LogP contribution is 2.19. The standard InChI is InChI=1S/C20H22O/c1-3-16(2)19-12-8-17(9-13-19)6-4-5-7-18-10-14-20(21)15-11-18/h4-16,21H,3H2,1-2H3. The molecule has 2 aromatic carbocycles. The SMILES string of the molecule is CCC(C)c1ccc(C=CC=Cc2ccc(O)cc2)cc1. The van der Waals surface area contributed by atoms with E-state index in [2.05, 4.69) is 44.2 Å². The van der Waals surface area contributed by atoms with Crippen molar-refractivity contribution < 1.29 is 5.11 Å². The topological polar surface area (TPSA) is 20.2 Å². The Hall–Kier alpha value is -2.28. The zero-order valence-electron chi connectivity index (χ0n) is 12.7. The number of phenols is 1. The molecule has 0 aliphatic heterocycles. The summed E-state index contributed by atoms with van der Waals surface area (Å²) >= 11 is 0. The molecule has 0 saturated heterocycles. The van der Waals surface area contributed by atoms with E-state index in [1.54, 1.807) is 12.1 Å². The van der Waals surface area contributed by atoms with Crippen molar-refractivity contribution in [3.8, 4) is 5.75 Å². The first kappa shape index (κ1) is 15.1. The van der Waals surface area contributed by atoms with Crippen LogP contribution >= 0.6 is 0 Å². The van der Waals surface area contributed by atoms with E-state index in [1.807, 2.05) is 30.4 Å². The van der Waals surface area contributed by atoms with Gasteiger partial charge in [-0.25, -0.2) is 0 Å². The number of hydrogen-bond donors (Lipinski definition) is 1. The molecule has 2 rings (SSSR count). The number of hydrogen-bond acceptors (Lipinski definition) is 1. The quantitative estimate of drug-likeness (QED) is 0.702. The predicted molar refractivity (Wildman–Crippen MR) is 91.3 cm³/mol. The Morgan fingerprint density at radius 2 is 1.33 bits per heavy atom. The Bertz CT molecular complexity index is 603. The molecule has 0 aliphatic rings. The molecular formula is C20H22O. The fourth-order valence-corrected chi connectivity index (χ4v) is 2.09. The van der Waals surface area contributed by atoms with Crippen LogP contribution in [0.1, 0.15) is 42.9 Å². The van der Waals surface area contributed by atoms with Crippen LogP contribution in [-0.4, -0.2) is 5.11 Å². The van der Waals surface area contributed by atoms with Crippen LogP contribution in [0.2, 0.25) is 0 Å². The molecule has 1 heteroatoms. The molecule has 2 aromatic rings. The molecule has 0 amide bonds. The second kappa shape index (κ2) is 7.49. The minimum Gasteiger partial charge on any atom is -0.508 e. The highest BCUT2D eigenvalue weighted by atomic mass is 16.3. The van der Waals surface area contributed by atoms with E-state index in [4.69, 9.17) is 0 Å². The molecule has 0 bridgehead atoms. The lowest BCUT2D eigenvalue weighted by molar-refractivity contribution is 0.475. The van der Waals surface area contributed by atoms with Crippen LogP contribution < -0.4 is 0 Å². The van der Waals surface area contributed by atoms with Crippen LogP contribution in [0.4, 0.5) is 0 Å². The van der Waals surface area contributed by atoms with E-state index < -0.39 is 0 Å². The summed E-state index contributed by atoms with van der Waals surface area (Å²) in [5.41, 5.74) is 3.68. The smallest absolute Gasteiger partial charge is 0.115 e. The summed E-state index contributed by atoms with van der Waals surface area (Å²) in [4.78, 5) is 0. The van der Waals surface area contributed by atoms with Gasteiger partial charge in [0.05, 0.1) is 0 Å². The highest BCUT2D eigenvalue weighted by Gasteiger charge is 2.00. The first-order valence-electron chi connectivity index (χ1n) is 7.43. The largest absolute Gasteiger partial charge is 0.508 e. The summed E-state index contributed by atoms with van der Waals surface area (Å²) in [6, 6.07) is 15.9. The minimum atomic E-state index is 0.295. The van der Waals surface area contributed by atoms with Crippen molar-refractivity contribution in [1.29, 1.82) is 0 Å². The normalized spacial score (nSPS) is 13.0. The van der Waals surface area contributed by atoms with Gasteiger partial charge in [0.15, 0.2) is 0 Å². The number of phenolic OH excluding ortho intramolecular Hbond substituents is 1. The van der Waals surface area contributed by atoms with Crippen LogP contribution in [0.5, 0.6) is 5.75 Å². The fraction of sp³-hybridized carbons (Fsp3) is 0.200. The summed E-state index contributed by atoms with van der Waals surface area (Å²) in [7, 11) is 0. The molecule has 1 unspecified atom stereocenters. The lowest BCUT2D eigenvalue weighted by Gasteiger charge is -2.08. The number of benzene rings is 2. The fourth-order valence-electron chi connectivity index (χ4n) is 2.09. The molecule has 0 aliphatic carbocycles. The van der Waals surface area contributed by atoms with Crippen LogP contribution in [0, 0.1) is 0 Å². The average molecular weight is 278 g/mol. The van der Waals surface area contributed by atoms with Crippen LogP contribution in [0.25, 0.3) is 12.2 Å². The number of allylic oxidation sites excluding steroid dienone is 2. The van der Waals surface area contributed by atoms with Gasteiger partial charge in [0, 0.05) is 0 Å². The minimum absolute atomic E-state index is 0.295. The van der Waals surface area contributed by atoms with Crippen molar-refractivity contribution in [2.24, 2.45) is 0 Å². The molecule has 1 atom stereocenters. The molecule has 0 spiro atoms. The maximum atomic E-state index is 9.22. The lowest BCUT2D eigenvalue weighted by Crippen LogP contribution is -1.90. The van der Waals surface area contributed by atoms with E-state index in [0.717, 1.165) is 5.56 Å². The first-order chi connectivity index (χ1) is 10.2. The van der Waals surface area contributed by atoms with Gasteiger partial charge in [0.1, 0.15) is 5.75 Å². The highest BCUT2D eigenvalue weighted by molar-refractivity contribution is 5.57. The molecule has 1 nitrogen and oxygen atoms in total. The van der Waals surface area contributed by atoms with Crippen molar-refractivity contribution in [2.45, 2.75) is 26.2 Å². The third-order valence-corrected chi connectivity index (χ3v) is 3.70. The van der Waals surface area contributed by atoms with Gasteiger partial charge in [-0.2, -0.15) is 0 Å². The monoisotopic (exact) mass is 278 g/mol. The average Bonchev–Trinajstić information content (AvgIpc) is 2.53. The summed E-state index contributed by atoms with van der Waals surface area (Å²) in [5, 5.41) is 9.22. The predicted octanol–water partition coefficient (Wildman–Crippen LogP) is 5.63. The van der Waals surface area contributed by atoms with Crippen LogP contribution in [0.15, 0.2) is 60.7 Å². The molecule has 0 heterocycles. The Labute approximate surface area is 127 Å². The van der Waals surface area contributed by atoms with Crippen molar-refractivity contribution in [2.75, 3.05) is 0 Å². The van der Waals surface area contributed by atoms with E-state index >= 15 is 0 Å². The van der Waals surface area contributed by atoms with E-state index in [-0.39, 0.29) is 0 Å². The van der Waals surface area contributed by atoms with Gasteiger partial charge < -0.3 is 5.11 Å². The van der Waals surface area contributed by atoms with Crippen molar-refractivity contribution in [3.05, 3.63) is 77.4 Å². The van der Waals surface area contributed by atoms with Gasteiger partial charge in [0.25, 0.3) is 0 Å². The Morgan fingerprint density at radius 3 is 1.81 bits per heavy atom. The third kappa shape index (κ3) is 4.64. The second-order valence-electron chi connectivity index (χ2n) is 5.29. The van der Waals surface area contributed by atoms with Crippen LogP contribution in [0.3, 0.4) is 0 Å². The second-order valence-corrected chi connectivity index (χ2v) is 5.29. The molecule has 0 fully saturated rings. The third-order valence-electron chi connectivity index (χ3n) is 3.70. The molecule has 1 N–H and O–H groups in total. The number of aromatic hydroxyl groups is 1. The summed E-state index contributed by atoms with van der Waals surface area (Å²) < 4.78 is 0. The summed E-state index contributed by atoms with van der Waals surface area (Å²) in [6.07, 6.45) is 9.32. The molecule has 108 valence electrons. The van der Waals surface area contributed by atoms with Gasteiger partial charge in [-0.3, -0.25) is 0 Å². The molecule has 0 aromatic heterocycles. The Balaban J connectivity index is 1.96. The van der Waals surface area contributed by atoms with Gasteiger partial charge in [-0.1, -0.05) is 74.5 Å². The van der Waals surface area contributed by atoms with Crippen molar-refractivity contribution in [1.82, 2.24) is 0 Å². The van der Waals surface area contributed by atoms with Gasteiger partial charge >= 0.3 is 0 Å². The van der Waals surface area contributed by atoms with Crippen molar-refractivity contribution in [3.63, 3.8) is 0 Å². The van der Waals surface area contributed by atoms with E-state index in [0.29, 0.717) is 11.7 Å². The molecule has 21 heavy (non-hydrogen) atoms. The van der Waals surface area contributed by atoms with Gasteiger partial charge in [-0.15, -0.1) is 0 Å². The van der Waals surface area contributed by atoms with E-state index in [9.17, 15) is 5.11 Å². The first-order valence-corrected chi connectivity index (χ1v) is 7.43. The molecule has 0 radical (unpaired) electrons. The van der Waals surface area contributed by atoms with Gasteiger partial charge in [-0.05, 0) is 41.2 Å². The van der Waals surface area contributed by atoms with E-state index in [1.165, 1.54) is 17.5 Å². The van der Waals surface area contributed by atoms with Crippen molar-refractivity contribution >= 4 is 12.2 Å². The summed E-state index contributed by atoms with van der Waals surface area (Å²) in [5.74, 6) is 0.918. The summed E-state index contributed by atoms with van der Waals surface area (Å²) in [6.45, 7) is 4.47. The Morgan fingerprint density at radius 1 is 0.857 bits per heavy atom. The molecule has 0 saturated carbocycles. The number of rotatable bonds is 5. The Kier molecular flexibility index (Phi) is 5.39. The lowest BCUT2D eigenvalue weighted by atomic mass is 9.97. The maximum absolute atomic E-state index is 9.22. The zero-order valence-corrected chi connectivity index (χ0v) is 12.7. The zero-order chi connectivity index (χ0) is 15.1. The molecular weight excluding hydrogens is 256 g/mol. The van der Waals surface area contributed by atoms with Crippen LogP contribution in [-0.2, 0) is 0 Å². The maximum Gasteiger partial charge on any atom is 0.115 e. The van der Waals surface area contributed by atoms with Gasteiger partial charge in [0.2, 0.25) is 0 Å².